The Morgan fingerprint density at radius 1 is 1.11 bits per heavy atom. The molecule has 1 saturated carbocycles. The van der Waals surface area contributed by atoms with E-state index >= 15 is 4.39 Å². The van der Waals surface area contributed by atoms with Gasteiger partial charge < -0.3 is 10.6 Å². The van der Waals surface area contributed by atoms with E-state index in [0.717, 1.165) is 33.6 Å². The van der Waals surface area contributed by atoms with Gasteiger partial charge in [-0.25, -0.2) is 9.07 Å². The first-order valence-corrected chi connectivity index (χ1v) is 12.3. The summed E-state index contributed by atoms with van der Waals surface area (Å²) in [5, 5.41) is 10.8. The molecular formula is C28H27FN6O. The third-order valence-electron chi connectivity index (χ3n) is 7.00. The smallest absolute Gasteiger partial charge is 0.252 e. The number of anilines is 2. The predicted molar refractivity (Wildman–Crippen MR) is 137 cm³/mol. The first kappa shape index (κ1) is 22.4. The minimum atomic E-state index is -0.384. The lowest BCUT2D eigenvalue weighted by Crippen LogP contribution is -2.16. The topological polar surface area (TPSA) is 84.7 Å². The summed E-state index contributed by atoms with van der Waals surface area (Å²) in [7, 11) is 0. The summed E-state index contributed by atoms with van der Waals surface area (Å²) in [6.45, 7) is 6.42. The molecule has 2 aromatic carbocycles. The van der Waals surface area contributed by atoms with Crippen LogP contribution >= 0.6 is 0 Å². The second-order valence-corrected chi connectivity index (χ2v) is 9.59. The Labute approximate surface area is 208 Å². The van der Waals surface area contributed by atoms with Crippen LogP contribution in [0.5, 0.6) is 0 Å². The maximum Gasteiger partial charge on any atom is 0.252 e. The highest BCUT2D eigenvalue weighted by molar-refractivity contribution is 6.00. The number of aryl methyl sites for hydroxylation is 2. The van der Waals surface area contributed by atoms with Crippen LogP contribution in [0.15, 0.2) is 48.7 Å². The fourth-order valence-corrected chi connectivity index (χ4v) is 4.73. The van der Waals surface area contributed by atoms with Gasteiger partial charge >= 0.3 is 0 Å². The molecule has 2 aromatic heterocycles. The van der Waals surface area contributed by atoms with Gasteiger partial charge in [-0.3, -0.25) is 9.78 Å². The van der Waals surface area contributed by atoms with Gasteiger partial charge in [0.15, 0.2) is 5.82 Å². The van der Waals surface area contributed by atoms with Crippen LogP contribution in [0.25, 0.3) is 22.5 Å². The fourth-order valence-electron chi connectivity index (χ4n) is 4.73. The molecule has 1 aliphatic heterocycles. The van der Waals surface area contributed by atoms with E-state index in [1.54, 1.807) is 10.7 Å². The molecular weight excluding hydrogens is 455 g/mol. The molecule has 182 valence electrons. The Hall–Kier alpha value is -4.07. The summed E-state index contributed by atoms with van der Waals surface area (Å²) < 4.78 is 16.9. The Balaban J connectivity index is 1.29. The van der Waals surface area contributed by atoms with Crippen molar-refractivity contribution < 1.29 is 9.18 Å². The van der Waals surface area contributed by atoms with Gasteiger partial charge in [0.1, 0.15) is 5.82 Å². The quantitative estimate of drug-likeness (QED) is 0.357. The van der Waals surface area contributed by atoms with Crippen LogP contribution in [-0.2, 0) is 6.54 Å². The Morgan fingerprint density at radius 3 is 2.61 bits per heavy atom. The average Bonchev–Trinajstić information content (AvgIpc) is 3.59. The lowest BCUT2D eigenvalue weighted by Gasteiger charge is -2.12. The summed E-state index contributed by atoms with van der Waals surface area (Å²) in [6, 6.07) is 13.0. The number of hydrogen-bond acceptors (Lipinski definition) is 5. The number of carbonyl (C=O) groups excluding carboxylic acids is 1. The molecule has 1 unspecified atom stereocenters. The standard InChI is InChI=1S/C28H27FN6O/c1-4-35-28(32-25-13-21-16(3)31-27(36)22(21)11-15(25)2)33-26(34-35)20-9-7-18(12-23(20)29)19-8-10-24(30-14-19)17-5-6-17/h7-14,16-17H,4-6H2,1-3H3,(H,31,36)(H,32,33,34). The number of benzene rings is 2. The number of hydrogen-bond donors (Lipinski definition) is 2. The Morgan fingerprint density at radius 2 is 1.92 bits per heavy atom. The van der Waals surface area contributed by atoms with Crippen molar-refractivity contribution in [2.75, 3.05) is 5.32 Å². The van der Waals surface area contributed by atoms with Crippen molar-refractivity contribution in [3.05, 3.63) is 76.9 Å². The van der Waals surface area contributed by atoms with E-state index in [0.29, 0.717) is 35.4 Å². The highest BCUT2D eigenvalue weighted by Crippen LogP contribution is 2.39. The molecule has 1 aliphatic carbocycles. The van der Waals surface area contributed by atoms with Gasteiger partial charge in [0, 0.05) is 41.2 Å². The number of rotatable bonds is 6. The van der Waals surface area contributed by atoms with Crippen LogP contribution in [-0.4, -0.2) is 25.7 Å². The molecule has 0 saturated heterocycles. The van der Waals surface area contributed by atoms with E-state index in [9.17, 15) is 4.79 Å². The molecule has 36 heavy (non-hydrogen) atoms. The van der Waals surface area contributed by atoms with Crippen molar-refractivity contribution in [1.82, 2.24) is 25.1 Å². The minimum Gasteiger partial charge on any atom is -0.345 e. The average molecular weight is 483 g/mol. The second kappa shape index (κ2) is 8.55. The zero-order chi connectivity index (χ0) is 25.0. The van der Waals surface area contributed by atoms with E-state index in [1.165, 1.54) is 18.9 Å². The van der Waals surface area contributed by atoms with E-state index < -0.39 is 0 Å². The number of nitrogens with one attached hydrogen (secondary N) is 2. The predicted octanol–water partition coefficient (Wildman–Crippen LogP) is 5.90. The number of carbonyl (C=O) groups is 1. The van der Waals surface area contributed by atoms with Crippen molar-refractivity contribution in [2.45, 2.75) is 52.1 Å². The Kier molecular flexibility index (Phi) is 5.32. The first-order valence-electron chi connectivity index (χ1n) is 12.3. The van der Waals surface area contributed by atoms with Crippen LogP contribution in [0.1, 0.15) is 65.8 Å². The van der Waals surface area contributed by atoms with E-state index in [2.05, 4.69) is 25.7 Å². The van der Waals surface area contributed by atoms with E-state index in [-0.39, 0.29) is 17.8 Å². The molecule has 1 atom stereocenters. The normalized spacial score (nSPS) is 16.7. The number of fused-ring (bicyclic) bond motifs is 1. The summed E-state index contributed by atoms with van der Waals surface area (Å²) >= 11 is 0. The van der Waals surface area contributed by atoms with Crippen molar-refractivity contribution in [3.8, 4) is 22.5 Å². The highest BCUT2D eigenvalue weighted by atomic mass is 19.1. The lowest BCUT2D eigenvalue weighted by molar-refractivity contribution is 0.0958. The zero-order valence-electron chi connectivity index (χ0n) is 20.5. The monoisotopic (exact) mass is 482 g/mol. The lowest BCUT2D eigenvalue weighted by atomic mass is 10.0. The molecule has 2 N–H and O–H groups in total. The van der Waals surface area contributed by atoms with Gasteiger partial charge in [0.2, 0.25) is 5.95 Å². The van der Waals surface area contributed by atoms with Crippen molar-refractivity contribution in [2.24, 2.45) is 0 Å². The number of amides is 1. The molecule has 4 aromatic rings. The van der Waals surface area contributed by atoms with Crippen LogP contribution in [0, 0.1) is 12.7 Å². The zero-order valence-corrected chi connectivity index (χ0v) is 20.5. The van der Waals surface area contributed by atoms with Gasteiger partial charge in [-0.05, 0) is 80.6 Å². The molecule has 1 amide bonds. The molecule has 1 fully saturated rings. The largest absolute Gasteiger partial charge is 0.345 e. The van der Waals surface area contributed by atoms with Gasteiger partial charge in [0.25, 0.3) is 5.91 Å². The molecule has 0 bridgehead atoms. The number of nitrogens with zero attached hydrogens (tertiary/aromatic N) is 4. The fraction of sp³-hybridized carbons (Fsp3) is 0.286. The third-order valence-corrected chi connectivity index (χ3v) is 7.00. The second-order valence-electron chi connectivity index (χ2n) is 9.59. The van der Waals surface area contributed by atoms with Crippen LogP contribution in [0.3, 0.4) is 0 Å². The van der Waals surface area contributed by atoms with Crippen molar-refractivity contribution >= 4 is 17.5 Å². The summed E-state index contributed by atoms with van der Waals surface area (Å²) in [5.41, 5.74) is 6.50. The van der Waals surface area contributed by atoms with E-state index in [4.69, 9.17) is 0 Å². The number of halogens is 1. The van der Waals surface area contributed by atoms with Gasteiger partial charge in [-0.1, -0.05) is 12.1 Å². The highest BCUT2D eigenvalue weighted by Gasteiger charge is 2.27. The van der Waals surface area contributed by atoms with Crippen molar-refractivity contribution in [3.63, 3.8) is 0 Å². The molecule has 0 radical (unpaired) electrons. The van der Waals surface area contributed by atoms with Crippen LogP contribution in [0.4, 0.5) is 16.0 Å². The van der Waals surface area contributed by atoms with Crippen LogP contribution < -0.4 is 10.6 Å². The molecule has 2 aliphatic rings. The third kappa shape index (κ3) is 3.92. The maximum absolute atomic E-state index is 15.2. The molecule has 3 heterocycles. The number of pyridine rings is 1. The van der Waals surface area contributed by atoms with Gasteiger partial charge in [0.05, 0.1) is 11.6 Å². The van der Waals surface area contributed by atoms with Gasteiger partial charge in [-0.15, -0.1) is 5.10 Å². The number of aromatic nitrogens is 4. The summed E-state index contributed by atoms with van der Waals surface area (Å²) in [6.07, 6.45) is 4.22. The summed E-state index contributed by atoms with van der Waals surface area (Å²) in [5.74, 6) is 0.979. The molecule has 6 rings (SSSR count). The minimum absolute atomic E-state index is 0.0547. The Bertz CT molecular complexity index is 1490. The van der Waals surface area contributed by atoms with Crippen LogP contribution in [0.2, 0.25) is 0 Å². The van der Waals surface area contributed by atoms with Crippen molar-refractivity contribution in [1.29, 1.82) is 0 Å². The van der Waals surface area contributed by atoms with E-state index in [1.807, 2.05) is 57.3 Å². The van der Waals surface area contributed by atoms with Gasteiger partial charge in [-0.2, -0.15) is 4.98 Å². The SMILES string of the molecule is CCn1nc(-c2ccc(-c3ccc(C4CC4)nc3)cc2F)nc1Nc1cc2c(cc1C)C(=O)NC2C. The summed E-state index contributed by atoms with van der Waals surface area (Å²) in [4.78, 5) is 21.3. The molecule has 0 spiro atoms. The maximum atomic E-state index is 15.2. The first-order chi connectivity index (χ1) is 17.4. The molecule has 7 nitrogen and oxygen atoms in total. The molecule has 8 heteroatoms.